The number of benzene rings is 3. The van der Waals surface area contributed by atoms with Crippen molar-refractivity contribution in [2.24, 2.45) is 0 Å². The molecule has 0 radical (unpaired) electrons. The lowest BCUT2D eigenvalue weighted by Crippen LogP contribution is -2.20. The standard InChI is InChI=1S/C21H19NO4/c1-12-3-5-13(6-4-12)18-16(10-23)15(21(24)22-2)9-14-7-8-17-20(19(14)18)26-11-25-17/h3-9,23H,10-11H2,1-2H3,(H,22,24). The Morgan fingerprint density at radius 2 is 1.92 bits per heavy atom. The number of nitrogens with one attached hydrogen (secondary N) is 1. The van der Waals surface area contributed by atoms with Gasteiger partial charge in [0.25, 0.3) is 5.91 Å². The number of hydrogen-bond donors (Lipinski definition) is 2. The summed E-state index contributed by atoms with van der Waals surface area (Å²) in [7, 11) is 1.58. The van der Waals surface area contributed by atoms with E-state index in [-0.39, 0.29) is 19.3 Å². The zero-order chi connectivity index (χ0) is 18.3. The fourth-order valence-electron chi connectivity index (χ4n) is 3.43. The van der Waals surface area contributed by atoms with E-state index in [1.54, 1.807) is 13.1 Å². The predicted molar refractivity (Wildman–Crippen MR) is 99.6 cm³/mol. The monoisotopic (exact) mass is 349 g/mol. The van der Waals surface area contributed by atoms with Crippen LogP contribution in [0.5, 0.6) is 11.5 Å². The summed E-state index contributed by atoms with van der Waals surface area (Å²) in [5, 5.41) is 14.5. The van der Waals surface area contributed by atoms with Crippen LogP contribution in [0.4, 0.5) is 0 Å². The van der Waals surface area contributed by atoms with Crippen molar-refractivity contribution in [3.8, 4) is 22.6 Å². The van der Waals surface area contributed by atoms with E-state index in [0.29, 0.717) is 22.6 Å². The summed E-state index contributed by atoms with van der Waals surface area (Å²) in [6, 6.07) is 13.5. The van der Waals surface area contributed by atoms with Crippen LogP contribution in [-0.4, -0.2) is 24.9 Å². The maximum absolute atomic E-state index is 12.4. The topological polar surface area (TPSA) is 67.8 Å². The van der Waals surface area contributed by atoms with E-state index in [4.69, 9.17) is 9.47 Å². The summed E-state index contributed by atoms with van der Waals surface area (Å²) in [4.78, 5) is 12.4. The van der Waals surface area contributed by atoms with Crippen molar-refractivity contribution in [1.29, 1.82) is 0 Å². The average Bonchev–Trinajstić information content (AvgIpc) is 3.15. The van der Waals surface area contributed by atoms with Crippen LogP contribution in [0.3, 0.4) is 0 Å². The zero-order valence-corrected chi connectivity index (χ0v) is 14.6. The van der Waals surface area contributed by atoms with Crippen molar-refractivity contribution in [2.45, 2.75) is 13.5 Å². The van der Waals surface area contributed by atoms with E-state index in [2.05, 4.69) is 5.32 Å². The summed E-state index contributed by atoms with van der Waals surface area (Å²) in [5.74, 6) is 1.08. The van der Waals surface area contributed by atoms with Crippen LogP contribution < -0.4 is 14.8 Å². The molecule has 0 fully saturated rings. The number of aliphatic hydroxyl groups excluding tert-OH is 1. The van der Waals surface area contributed by atoms with Crippen LogP contribution in [0.15, 0.2) is 42.5 Å². The molecule has 4 rings (SSSR count). The van der Waals surface area contributed by atoms with Crippen molar-refractivity contribution in [1.82, 2.24) is 5.32 Å². The molecule has 3 aromatic carbocycles. The van der Waals surface area contributed by atoms with Gasteiger partial charge in [0, 0.05) is 18.0 Å². The number of hydrogen-bond acceptors (Lipinski definition) is 4. The molecule has 0 unspecified atom stereocenters. The third-order valence-electron chi connectivity index (χ3n) is 4.72. The van der Waals surface area contributed by atoms with Crippen molar-refractivity contribution < 1.29 is 19.4 Å². The summed E-state index contributed by atoms with van der Waals surface area (Å²) in [6.07, 6.45) is 0. The highest BCUT2D eigenvalue weighted by Crippen LogP contribution is 2.46. The van der Waals surface area contributed by atoms with Crippen LogP contribution in [0.25, 0.3) is 21.9 Å². The Morgan fingerprint density at radius 3 is 2.62 bits per heavy atom. The first-order valence-corrected chi connectivity index (χ1v) is 8.42. The smallest absolute Gasteiger partial charge is 0.251 e. The van der Waals surface area contributed by atoms with Crippen LogP contribution >= 0.6 is 0 Å². The first kappa shape index (κ1) is 16.4. The van der Waals surface area contributed by atoms with Gasteiger partial charge in [0.2, 0.25) is 6.79 Å². The first-order chi connectivity index (χ1) is 12.6. The molecule has 0 saturated heterocycles. The third-order valence-corrected chi connectivity index (χ3v) is 4.72. The Hall–Kier alpha value is -3.05. The van der Waals surface area contributed by atoms with Gasteiger partial charge < -0.3 is 19.9 Å². The van der Waals surface area contributed by atoms with Crippen molar-refractivity contribution in [2.75, 3.05) is 13.8 Å². The van der Waals surface area contributed by atoms with E-state index >= 15 is 0 Å². The first-order valence-electron chi connectivity index (χ1n) is 8.42. The van der Waals surface area contributed by atoms with Crippen LogP contribution in [-0.2, 0) is 6.61 Å². The second kappa shape index (κ2) is 6.35. The van der Waals surface area contributed by atoms with E-state index < -0.39 is 0 Å². The minimum Gasteiger partial charge on any atom is -0.454 e. The zero-order valence-electron chi connectivity index (χ0n) is 14.6. The Balaban J connectivity index is 2.15. The second-order valence-corrected chi connectivity index (χ2v) is 6.28. The van der Waals surface area contributed by atoms with Crippen LogP contribution in [0.1, 0.15) is 21.5 Å². The molecule has 5 nitrogen and oxygen atoms in total. The quantitative estimate of drug-likeness (QED) is 0.760. The molecule has 1 heterocycles. The van der Waals surface area contributed by atoms with Gasteiger partial charge in [0.15, 0.2) is 11.5 Å². The van der Waals surface area contributed by atoms with Gasteiger partial charge in [-0.15, -0.1) is 0 Å². The van der Waals surface area contributed by atoms with E-state index in [0.717, 1.165) is 27.5 Å². The lowest BCUT2D eigenvalue weighted by atomic mass is 9.88. The number of carbonyl (C=O) groups excluding carboxylic acids is 1. The molecule has 2 N–H and O–H groups in total. The SMILES string of the molecule is CNC(=O)c1cc2ccc3c(c2c(-c2ccc(C)cc2)c1CO)OCO3. The second-order valence-electron chi connectivity index (χ2n) is 6.28. The molecule has 0 atom stereocenters. The molecule has 132 valence electrons. The van der Waals surface area contributed by atoms with E-state index in [1.807, 2.05) is 43.3 Å². The van der Waals surface area contributed by atoms with Gasteiger partial charge in [-0.25, -0.2) is 0 Å². The minimum atomic E-state index is -0.258. The summed E-state index contributed by atoms with van der Waals surface area (Å²) >= 11 is 0. The molecule has 0 bridgehead atoms. The molecular formula is C21H19NO4. The van der Waals surface area contributed by atoms with Crippen LogP contribution in [0, 0.1) is 6.92 Å². The Labute approximate surface area is 151 Å². The summed E-state index contributed by atoms with van der Waals surface area (Å²) in [6.45, 7) is 1.92. The summed E-state index contributed by atoms with van der Waals surface area (Å²) in [5.41, 5.74) is 3.88. The Morgan fingerprint density at radius 1 is 1.15 bits per heavy atom. The number of ether oxygens (including phenoxy) is 2. The molecule has 5 heteroatoms. The highest BCUT2D eigenvalue weighted by molar-refractivity contribution is 6.10. The number of rotatable bonds is 3. The van der Waals surface area contributed by atoms with Gasteiger partial charge in [-0.3, -0.25) is 4.79 Å². The van der Waals surface area contributed by atoms with Gasteiger partial charge in [-0.2, -0.15) is 0 Å². The highest BCUT2D eigenvalue weighted by Gasteiger charge is 2.25. The summed E-state index contributed by atoms with van der Waals surface area (Å²) < 4.78 is 11.2. The van der Waals surface area contributed by atoms with Crippen molar-refractivity contribution >= 4 is 16.7 Å². The number of aliphatic hydroxyl groups is 1. The molecule has 26 heavy (non-hydrogen) atoms. The molecule has 0 spiro atoms. The normalized spacial score (nSPS) is 12.4. The molecule has 1 amide bonds. The maximum atomic E-state index is 12.4. The largest absolute Gasteiger partial charge is 0.454 e. The highest BCUT2D eigenvalue weighted by atomic mass is 16.7. The Bertz CT molecular complexity index is 1010. The van der Waals surface area contributed by atoms with E-state index in [9.17, 15) is 9.90 Å². The van der Waals surface area contributed by atoms with Gasteiger partial charge in [0.05, 0.1) is 6.61 Å². The fourth-order valence-corrected chi connectivity index (χ4v) is 3.43. The molecule has 1 aliphatic heterocycles. The molecule has 0 aromatic heterocycles. The number of aryl methyl sites for hydroxylation is 1. The van der Waals surface area contributed by atoms with Crippen molar-refractivity contribution in [3.05, 3.63) is 59.2 Å². The Kier molecular flexibility index (Phi) is 4.01. The van der Waals surface area contributed by atoms with Crippen LogP contribution in [0.2, 0.25) is 0 Å². The number of amides is 1. The van der Waals surface area contributed by atoms with Gasteiger partial charge in [-0.1, -0.05) is 35.9 Å². The predicted octanol–water partition coefficient (Wildman–Crippen LogP) is 3.40. The molecule has 3 aromatic rings. The molecule has 0 aliphatic carbocycles. The van der Waals surface area contributed by atoms with Gasteiger partial charge >= 0.3 is 0 Å². The van der Waals surface area contributed by atoms with Gasteiger partial charge in [-0.05, 0) is 41.1 Å². The average molecular weight is 349 g/mol. The van der Waals surface area contributed by atoms with E-state index in [1.165, 1.54) is 0 Å². The van der Waals surface area contributed by atoms with Gasteiger partial charge in [0.1, 0.15) is 0 Å². The molecule has 1 aliphatic rings. The van der Waals surface area contributed by atoms with Crippen molar-refractivity contribution in [3.63, 3.8) is 0 Å². The third kappa shape index (κ3) is 2.48. The fraction of sp³-hybridized carbons (Fsp3) is 0.190. The molecule has 0 saturated carbocycles. The lowest BCUT2D eigenvalue weighted by molar-refractivity contribution is 0.0960. The minimum absolute atomic E-state index is 0.160. The number of fused-ring (bicyclic) bond motifs is 3. The maximum Gasteiger partial charge on any atom is 0.251 e. The number of carbonyl (C=O) groups is 1. The molecular weight excluding hydrogens is 330 g/mol. The lowest BCUT2D eigenvalue weighted by Gasteiger charge is -2.18.